The first-order valence-corrected chi connectivity index (χ1v) is 9.24. The molecule has 3 aromatic rings. The zero-order valence-electron chi connectivity index (χ0n) is 16.3. The topological polar surface area (TPSA) is 106 Å². The normalized spacial score (nSPS) is 10.4. The van der Waals surface area contributed by atoms with E-state index in [-0.39, 0.29) is 24.7 Å². The number of hydrogen-bond acceptors (Lipinski definition) is 6. The average Bonchev–Trinajstić information content (AvgIpc) is 3.25. The molecule has 0 saturated carbocycles. The van der Waals surface area contributed by atoms with E-state index in [0.717, 1.165) is 23.3 Å². The molecule has 0 bridgehead atoms. The number of hydrogen-bond donors (Lipinski definition) is 2. The van der Waals surface area contributed by atoms with Gasteiger partial charge in [0, 0.05) is 24.0 Å². The molecule has 29 heavy (non-hydrogen) atoms. The van der Waals surface area contributed by atoms with E-state index in [1.807, 2.05) is 31.2 Å². The standard InChI is InChI=1S/C21H22N4O4/c1-3-14-4-6-16(7-5-14)21(27)24-23-18(26)12-13-19-22-20(25-29-19)15-8-10-17(28-2)11-9-15/h4-11H,3,12-13H2,1-2H3,(H,23,26)(H,24,27). The van der Waals surface area contributed by atoms with Gasteiger partial charge in [0.25, 0.3) is 5.91 Å². The van der Waals surface area contributed by atoms with Crippen LogP contribution in [0.1, 0.15) is 35.2 Å². The zero-order valence-corrected chi connectivity index (χ0v) is 16.3. The third-order valence-corrected chi connectivity index (χ3v) is 4.32. The third kappa shape index (κ3) is 5.41. The van der Waals surface area contributed by atoms with Crippen molar-refractivity contribution in [3.05, 3.63) is 65.5 Å². The minimum Gasteiger partial charge on any atom is -0.497 e. The highest BCUT2D eigenvalue weighted by Gasteiger charge is 2.12. The molecule has 0 saturated heterocycles. The Bertz CT molecular complexity index is 965. The van der Waals surface area contributed by atoms with Crippen LogP contribution in [0.2, 0.25) is 0 Å². The molecule has 0 unspecified atom stereocenters. The molecule has 0 radical (unpaired) electrons. The summed E-state index contributed by atoms with van der Waals surface area (Å²) in [7, 11) is 1.59. The van der Waals surface area contributed by atoms with E-state index in [4.69, 9.17) is 9.26 Å². The number of nitrogens with zero attached hydrogens (tertiary/aromatic N) is 2. The van der Waals surface area contributed by atoms with Crippen molar-refractivity contribution in [2.45, 2.75) is 26.2 Å². The van der Waals surface area contributed by atoms with E-state index in [1.165, 1.54) is 0 Å². The minimum atomic E-state index is -0.374. The van der Waals surface area contributed by atoms with Gasteiger partial charge >= 0.3 is 0 Å². The van der Waals surface area contributed by atoms with Crippen LogP contribution in [0.4, 0.5) is 0 Å². The Morgan fingerprint density at radius 3 is 2.41 bits per heavy atom. The van der Waals surface area contributed by atoms with E-state index in [2.05, 4.69) is 21.0 Å². The number of aromatic nitrogens is 2. The van der Waals surface area contributed by atoms with E-state index in [0.29, 0.717) is 17.3 Å². The van der Waals surface area contributed by atoms with Crippen LogP contribution < -0.4 is 15.6 Å². The van der Waals surface area contributed by atoms with Gasteiger partial charge < -0.3 is 9.26 Å². The second kappa shape index (κ2) is 9.50. The minimum absolute atomic E-state index is 0.0965. The Morgan fingerprint density at radius 1 is 1.03 bits per heavy atom. The number of aryl methyl sites for hydroxylation is 2. The second-order valence-corrected chi connectivity index (χ2v) is 6.29. The molecule has 1 aromatic heterocycles. The van der Waals surface area contributed by atoms with Crippen LogP contribution >= 0.6 is 0 Å². The molecule has 0 atom stereocenters. The van der Waals surface area contributed by atoms with Gasteiger partial charge in [-0.1, -0.05) is 24.2 Å². The maximum atomic E-state index is 12.1. The number of carbonyl (C=O) groups excluding carboxylic acids is 2. The van der Waals surface area contributed by atoms with Crippen LogP contribution in [0.3, 0.4) is 0 Å². The maximum Gasteiger partial charge on any atom is 0.269 e. The molecule has 8 heteroatoms. The van der Waals surface area contributed by atoms with Crippen LogP contribution in [0.25, 0.3) is 11.4 Å². The molecule has 0 spiro atoms. The van der Waals surface area contributed by atoms with Gasteiger partial charge in [0.2, 0.25) is 17.6 Å². The Morgan fingerprint density at radius 2 is 1.76 bits per heavy atom. The molecule has 2 N–H and O–H groups in total. The first-order chi connectivity index (χ1) is 14.1. The quantitative estimate of drug-likeness (QED) is 0.597. The van der Waals surface area contributed by atoms with Crippen LogP contribution in [-0.4, -0.2) is 29.1 Å². The zero-order chi connectivity index (χ0) is 20.6. The van der Waals surface area contributed by atoms with Gasteiger partial charge in [0.05, 0.1) is 7.11 Å². The summed E-state index contributed by atoms with van der Waals surface area (Å²) in [6, 6.07) is 14.5. The van der Waals surface area contributed by atoms with Crippen molar-refractivity contribution in [3.8, 4) is 17.1 Å². The number of rotatable bonds is 7. The second-order valence-electron chi connectivity index (χ2n) is 6.29. The number of carbonyl (C=O) groups is 2. The number of benzene rings is 2. The Labute approximate surface area is 168 Å². The molecule has 0 aliphatic rings. The molecule has 0 aliphatic carbocycles. The van der Waals surface area contributed by atoms with Crippen molar-refractivity contribution in [3.63, 3.8) is 0 Å². The predicted molar refractivity (Wildman–Crippen MR) is 106 cm³/mol. The van der Waals surface area contributed by atoms with Gasteiger partial charge in [-0.3, -0.25) is 20.4 Å². The van der Waals surface area contributed by atoms with Crippen LogP contribution in [-0.2, 0) is 17.6 Å². The van der Waals surface area contributed by atoms with Crippen molar-refractivity contribution in [2.24, 2.45) is 0 Å². The summed E-state index contributed by atoms with van der Waals surface area (Å²) in [6.45, 7) is 2.04. The summed E-state index contributed by atoms with van der Waals surface area (Å²) < 4.78 is 10.3. The lowest BCUT2D eigenvalue weighted by molar-refractivity contribution is -0.121. The summed E-state index contributed by atoms with van der Waals surface area (Å²) in [6.07, 6.45) is 1.25. The van der Waals surface area contributed by atoms with Crippen molar-refractivity contribution in [1.29, 1.82) is 0 Å². The fourth-order valence-electron chi connectivity index (χ4n) is 2.59. The molecule has 2 amide bonds. The van der Waals surface area contributed by atoms with E-state index in [1.54, 1.807) is 31.4 Å². The van der Waals surface area contributed by atoms with E-state index >= 15 is 0 Å². The predicted octanol–water partition coefficient (Wildman–Crippen LogP) is 2.70. The van der Waals surface area contributed by atoms with E-state index < -0.39 is 0 Å². The molecular formula is C21H22N4O4. The van der Waals surface area contributed by atoms with Crippen molar-refractivity contribution in [1.82, 2.24) is 21.0 Å². The smallest absolute Gasteiger partial charge is 0.269 e. The summed E-state index contributed by atoms with van der Waals surface area (Å²) in [5.74, 6) is 0.783. The molecule has 2 aromatic carbocycles. The molecule has 1 heterocycles. The monoisotopic (exact) mass is 394 g/mol. The van der Waals surface area contributed by atoms with Gasteiger partial charge in [-0.25, -0.2) is 0 Å². The molecule has 150 valence electrons. The fourth-order valence-corrected chi connectivity index (χ4v) is 2.59. The Balaban J connectivity index is 1.46. The molecule has 8 nitrogen and oxygen atoms in total. The fraction of sp³-hybridized carbons (Fsp3) is 0.238. The van der Waals surface area contributed by atoms with Gasteiger partial charge in [-0.2, -0.15) is 4.98 Å². The SMILES string of the molecule is CCc1ccc(C(=O)NNC(=O)CCc2nc(-c3ccc(OC)cc3)no2)cc1. The molecule has 0 fully saturated rings. The van der Waals surface area contributed by atoms with Gasteiger partial charge in [-0.15, -0.1) is 0 Å². The molecular weight excluding hydrogens is 372 g/mol. The largest absolute Gasteiger partial charge is 0.497 e. The van der Waals surface area contributed by atoms with E-state index in [9.17, 15) is 9.59 Å². The number of amides is 2. The highest BCUT2D eigenvalue weighted by Crippen LogP contribution is 2.19. The summed E-state index contributed by atoms with van der Waals surface area (Å²) in [5.41, 5.74) is 7.18. The average molecular weight is 394 g/mol. The lowest BCUT2D eigenvalue weighted by Gasteiger charge is -2.07. The summed E-state index contributed by atoms with van der Waals surface area (Å²) in [4.78, 5) is 28.3. The lowest BCUT2D eigenvalue weighted by atomic mass is 10.1. The van der Waals surface area contributed by atoms with Crippen molar-refractivity contribution in [2.75, 3.05) is 7.11 Å². The maximum absolute atomic E-state index is 12.1. The van der Waals surface area contributed by atoms with Crippen molar-refractivity contribution < 1.29 is 18.8 Å². The van der Waals surface area contributed by atoms with Crippen LogP contribution in [0.5, 0.6) is 5.75 Å². The van der Waals surface area contributed by atoms with Gasteiger partial charge in [0.1, 0.15) is 5.75 Å². The first kappa shape index (κ1) is 20.1. The Kier molecular flexibility index (Phi) is 6.57. The Hall–Kier alpha value is -3.68. The van der Waals surface area contributed by atoms with Gasteiger partial charge in [-0.05, 0) is 48.4 Å². The number of nitrogens with one attached hydrogen (secondary N) is 2. The van der Waals surface area contributed by atoms with Crippen LogP contribution in [0, 0.1) is 0 Å². The van der Waals surface area contributed by atoms with Crippen molar-refractivity contribution >= 4 is 11.8 Å². The first-order valence-electron chi connectivity index (χ1n) is 9.24. The summed E-state index contributed by atoms with van der Waals surface area (Å²) >= 11 is 0. The van der Waals surface area contributed by atoms with Crippen LogP contribution in [0.15, 0.2) is 53.1 Å². The summed E-state index contributed by atoms with van der Waals surface area (Å²) in [5, 5.41) is 3.92. The highest BCUT2D eigenvalue weighted by atomic mass is 16.5. The molecule has 3 rings (SSSR count). The number of ether oxygens (including phenoxy) is 1. The number of hydrazine groups is 1. The highest BCUT2D eigenvalue weighted by molar-refractivity contribution is 5.95. The lowest BCUT2D eigenvalue weighted by Crippen LogP contribution is -2.41. The van der Waals surface area contributed by atoms with Gasteiger partial charge in [0.15, 0.2) is 0 Å². The number of methoxy groups -OCH3 is 1. The molecule has 0 aliphatic heterocycles. The third-order valence-electron chi connectivity index (χ3n) is 4.32.